The summed E-state index contributed by atoms with van der Waals surface area (Å²) in [5.74, 6) is -0.596. The summed E-state index contributed by atoms with van der Waals surface area (Å²) in [6.07, 6.45) is 2.46. The number of ether oxygens (including phenoxy) is 1. The third kappa shape index (κ3) is 3.57. The fourth-order valence-electron chi connectivity index (χ4n) is 3.87. The highest BCUT2D eigenvalue weighted by Gasteiger charge is 2.41. The average molecular weight is 445 g/mol. The van der Waals surface area contributed by atoms with Crippen molar-refractivity contribution in [2.45, 2.75) is 19.4 Å². The lowest BCUT2D eigenvalue weighted by atomic mass is 10.1. The van der Waals surface area contributed by atoms with Crippen molar-refractivity contribution >= 4 is 11.8 Å². The second-order valence-electron chi connectivity index (χ2n) is 8.28. The molecule has 0 radical (unpaired) electrons. The van der Waals surface area contributed by atoms with E-state index in [2.05, 4.69) is 10.2 Å². The summed E-state index contributed by atoms with van der Waals surface area (Å²) in [7, 11) is 0. The smallest absolute Gasteiger partial charge is 0.414 e. The molecule has 9 heteroatoms. The van der Waals surface area contributed by atoms with Gasteiger partial charge in [-0.25, -0.2) is 18.5 Å². The first-order valence-electron chi connectivity index (χ1n) is 10.3. The van der Waals surface area contributed by atoms with Crippen molar-refractivity contribution in [2.24, 2.45) is 0 Å². The maximum Gasteiger partial charge on any atom is 0.414 e. The number of halogens is 1. The number of aromatic nitrogens is 4. The highest BCUT2D eigenvalue weighted by molar-refractivity contribution is 5.91. The van der Waals surface area contributed by atoms with Gasteiger partial charge >= 0.3 is 6.09 Å². The van der Waals surface area contributed by atoms with Crippen LogP contribution in [0.15, 0.2) is 77.9 Å². The van der Waals surface area contributed by atoms with Crippen LogP contribution in [-0.2, 0) is 4.74 Å². The number of nitrogens with zero attached hydrogens (tertiary/aromatic N) is 5. The monoisotopic (exact) mass is 445 g/mol. The van der Waals surface area contributed by atoms with E-state index in [0.29, 0.717) is 11.4 Å². The van der Waals surface area contributed by atoms with Gasteiger partial charge in [0.15, 0.2) is 11.5 Å². The molecule has 0 aliphatic carbocycles. The van der Waals surface area contributed by atoms with Gasteiger partial charge in [0.25, 0.3) is 0 Å². The van der Waals surface area contributed by atoms with Crippen molar-refractivity contribution in [3.63, 3.8) is 0 Å². The molecule has 0 unspecified atom stereocenters. The zero-order chi connectivity index (χ0) is 23.2. The zero-order valence-corrected chi connectivity index (χ0v) is 18.0. The first-order valence-corrected chi connectivity index (χ1v) is 10.3. The standard InChI is InChI=1S/C24H20FN5O3/c1-24(2)15-33-23(32)29(24)17-8-9-19(18(25)14-17)28-13-11-21(31)22(27-28)20-10-12-26-30(20)16-6-4-3-5-7-16/h3-14H,15H2,1-2H3. The zero-order valence-electron chi connectivity index (χ0n) is 18.0. The van der Waals surface area contributed by atoms with Crippen LogP contribution in [-0.4, -0.2) is 37.8 Å². The molecule has 0 N–H and O–H groups in total. The first kappa shape index (κ1) is 20.6. The van der Waals surface area contributed by atoms with Crippen molar-refractivity contribution in [2.75, 3.05) is 11.5 Å². The van der Waals surface area contributed by atoms with Crippen molar-refractivity contribution in [1.82, 2.24) is 19.6 Å². The van der Waals surface area contributed by atoms with Gasteiger partial charge in [-0.2, -0.15) is 10.2 Å². The Morgan fingerprint density at radius 3 is 2.48 bits per heavy atom. The van der Waals surface area contributed by atoms with Gasteiger partial charge in [-0.15, -0.1) is 0 Å². The molecule has 8 nitrogen and oxygen atoms in total. The Kier molecular flexibility index (Phi) is 4.81. The molecule has 4 aromatic rings. The number of carbonyl (C=O) groups excluding carboxylic acids is 1. The molecule has 0 spiro atoms. The molecular weight excluding hydrogens is 425 g/mol. The van der Waals surface area contributed by atoms with E-state index in [1.165, 1.54) is 34.0 Å². The van der Waals surface area contributed by atoms with Crippen LogP contribution in [0.4, 0.5) is 14.9 Å². The van der Waals surface area contributed by atoms with E-state index in [9.17, 15) is 9.59 Å². The van der Waals surface area contributed by atoms with Gasteiger partial charge < -0.3 is 4.74 Å². The fourth-order valence-corrected chi connectivity index (χ4v) is 3.87. The molecule has 166 valence electrons. The molecule has 1 saturated heterocycles. The Bertz CT molecular complexity index is 1410. The number of anilines is 1. The van der Waals surface area contributed by atoms with E-state index >= 15 is 4.39 Å². The Hall–Kier alpha value is -4.27. The van der Waals surface area contributed by atoms with Crippen LogP contribution in [0.2, 0.25) is 0 Å². The summed E-state index contributed by atoms with van der Waals surface area (Å²) in [4.78, 5) is 26.2. The van der Waals surface area contributed by atoms with Crippen molar-refractivity contribution in [3.05, 3.63) is 89.1 Å². The predicted octanol–water partition coefficient (Wildman–Crippen LogP) is 3.96. The van der Waals surface area contributed by atoms with Gasteiger partial charge in [0.05, 0.1) is 28.8 Å². The second kappa shape index (κ2) is 7.70. The minimum Gasteiger partial charge on any atom is -0.447 e. The van der Waals surface area contributed by atoms with Gasteiger partial charge in [-0.3, -0.25) is 9.69 Å². The summed E-state index contributed by atoms with van der Waals surface area (Å²) in [6, 6.07) is 16.8. The molecule has 2 aromatic heterocycles. The number of rotatable bonds is 4. The number of cyclic esters (lactones) is 1. The van der Waals surface area contributed by atoms with Gasteiger partial charge in [-0.05, 0) is 44.2 Å². The van der Waals surface area contributed by atoms with Crippen LogP contribution in [0.5, 0.6) is 0 Å². The van der Waals surface area contributed by atoms with Crippen LogP contribution in [0.25, 0.3) is 22.8 Å². The summed E-state index contributed by atoms with van der Waals surface area (Å²) >= 11 is 0. The molecule has 3 heterocycles. The Labute approximate surface area is 188 Å². The number of hydrogen-bond acceptors (Lipinski definition) is 5. The molecular formula is C24H20FN5O3. The van der Waals surface area contributed by atoms with Crippen molar-refractivity contribution in [1.29, 1.82) is 0 Å². The molecule has 0 saturated carbocycles. The largest absolute Gasteiger partial charge is 0.447 e. The van der Waals surface area contributed by atoms with Gasteiger partial charge in [0, 0.05) is 18.3 Å². The molecule has 1 aliphatic rings. The molecule has 0 bridgehead atoms. The van der Waals surface area contributed by atoms with Crippen molar-refractivity contribution < 1.29 is 13.9 Å². The molecule has 2 aromatic carbocycles. The number of amides is 1. The number of hydrogen-bond donors (Lipinski definition) is 0. The third-order valence-corrected chi connectivity index (χ3v) is 5.47. The molecule has 0 atom stereocenters. The third-order valence-electron chi connectivity index (χ3n) is 5.47. The predicted molar refractivity (Wildman–Crippen MR) is 120 cm³/mol. The second-order valence-corrected chi connectivity index (χ2v) is 8.28. The minimum atomic E-state index is -0.596. The van der Waals surface area contributed by atoms with Gasteiger partial charge in [-0.1, -0.05) is 18.2 Å². The van der Waals surface area contributed by atoms with E-state index in [0.717, 1.165) is 5.69 Å². The average Bonchev–Trinajstić information content (AvgIpc) is 3.39. The molecule has 33 heavy (non-hydrogen) atoms. The van der Waals surface area contributed by atoms with Crippen molar-refractivity contribution in [3.8, 4) is 22.8 Å². The van der Waals surface area contributed by atoms with E-state index < -0.39 is 17.4 Å². The SMILES string of the molecule is CC1(C)COC(=O)N1c1ccc(-n2ccc(=O)c(-c3ccnn3-c3ccccc3)n2)c(F)c1. The fraction of sp³-hybridized carbons (Fsp3) is 0.167. The Morgan fingerprint density at radius 2 is 1.79 bits per heavy atom. The topological polar surface area (TPSA) is 82.3 Å². The van der Waals surface area contributed by atoms with Crippen LogP contribution >= 0.6 is 0 Å². The molecule has 1 aliphatic heterocycles. The lowest BCUT2D eigenvalue weighted by molar-refractivity contribution is 0.175. The number of para-hydroxylation sites is 1. The molecule has 1 amide bonds. The molecule has 5 rings (SSSR count). The van der Waals surface area contributed by atoms with E-state index in [-0.39, 0.29) is 23.4 Å². The van der Waals surface area contributed by atoms with E-state index in [1.54, 1.807) is 23.0 Å². The quantitative estimate of drug-likeness (QED) is 0.475. The number of carbonyl (C=O) groups is 1. The lowest BCUT2D eigenvalue weighted by Gasteiger charge is -2.28. The van der Waals surface area contributed by atoms with E-state index in [4.69, 9.17) is 4.74 Å². The Morgan fingerprint density at radius 1 is 1.00 bits per heavy atom. The molecule has 1 fully saturated rings. The van der Waals surface area contributed by atoms with Gasteiger partial charge in [0.1, 0.15) is 12.3 Å². The maximum absolute atomic E-state index is 15.2. The summed E-state index contributed by atoms with van der Waals surface area (Å²) in [5, 5.41) is 8.71. The number of benzene rings is 2. The van der Waals surface area contributed by atoms with Crippen LogP contribution in [0.3, 0.4) is 0 Å². The Balaban J connectivity index is 1.56. The minimum absolute atomic E-state index is 0.131. The highest BCUT2D eigenvalue weighted by Crippen LogP contribution is 2.32. The summed E-state index contributed by atoms with van der Waals surface area (Å²) in [5.41, 5.74) is 0.991. The normalized spacial score (nSPS) is 15.0. The maximum atomic E-state index is 15.2. The first-order chi connectivity index (χ1) is 15.8. The van der Waals surface area contributed by atoms with E-state index in [1.807, 2.05) is 44.2 Å². The summed E-state index contributed by atoms with van der Waals surface area (Å²) in [6.45, 7) is 3.90. The highest BCUT2D eigenvalue weighted by atomic mass is 19.1. The van der Waals surface area contributed by atoms with Gasteiger partial charge in [0.2, 0.25) is 5.43 Å². The lowest BCUT2D eigenvalue weighted by Crippen LogP contribution is -2.42. The van der Waals surface area contributed by atoms with Crippen LogP contribution in [0.1, 0.15) is 13.8 Å². The summed E-state index contributed by atoms with van der Waals surface area (Å²) < 4.78 is 23.2. The van der Waals surface area contributed by atoms with Crippen LogP contribution in [0, 0.1) is 5.82 Å². The van der Waals surface area contributed by atoms with Crippen LogP contribution < -0.4 is 10.3 Å².